The summed E-state index contributed by atoms with van der Waals surface area (Å²) in [6.07, 6.45) is 3.31. The summed E-state index contributed by atoms with van der Waals surface area (Å²) in [6.45, 7) is 3.59. The van der Waals surface area contributed by atoms with Gasteiger partial charge in [-0.15, -0.1) is 11.3 Å². The number of carboxylic acid groups (broad SMARTS) is 1. The summed E-state index contributed by atoms with van der Waals surface area (Å²) >= 11 is 2.82. The number of thioether (sulfide) groups is 1. The normalized spacial score (nSPS) is 16.9. The summed E-state index contributed by atoms with van der Waals surface area (Å²) in [5.74, 6) is -0.728. The van der Waals surface area contributed by atoms with Gasteiger partial charge in [0.15, 0.2) is 4.34 Å². The maximum Gasteiger partial charge on any atom is 0.309 e. The van der Waals surface area contributed by atoms with Gasteiger partial charge in [-0.3, -0.25) is 9.59 Å². The van der Waals surface area contributed by atoms with E-state index in [1.807, 2.05) is 11.8 Å². The number of hydrogen-bond donors (Lipinski definition) is 1. The highest BCUT2D eigenvalue weighted by molar-refractivity contribution is 8.02. The highest BCUT2D eigenvalue weighted by atomic mass is 32.2. The van der Waals surface area contributed by atoms with Crippen LogP contribution in [0, 0.1) is 0 Å². The average Bonchev–Trinajstić information content (AvgIpc) is 2.85. The van der Waals surface area contributed by atoms with Crippen LogP contribution >= 0.6 is 23.1 Å². The third kappa shape index (κ3) is 4.21. The minimum Gasteiger partial charge on any atom is -0.481 e. The molecule has 5 nitrogen and oxygen atoms in total. The molecule has 0 radical (unpaired) electrons. The van der Waals surface area contributed by atoms with Gasteiger partial charge in [0, 0.05) is 18.5 Å². The summed E-state index contributed by atoms with van der Waals surface area (Å²) in [6, 6.07) is 0. The van der Waals surface area contributed by atoms with Crippen molar-refractivity contribution in [3.8, 4) is 0 Å². The minimum absolute atomic E-state index is 0.0640. The molecule has 1 unspecified atom stereocenters. The van der Waals surface area contributed by atoms with E-state index in [2.05, 4.69) is 4.98 Å². The van der Waals surface area contributed by atoms with Crippen LogP contribution in [0.3, 0.4) is 0 Å². The Balaban J connectivity index is 1.89. The zero-order valence-corrected chi connectivity index (χ0v) is 13.0. The number of carboxylic acids is 1. The number of likely N-dealkylation sites (tertiary alicyclic amines) is 1. The number of nitrogens with zero attached hydrogens (tertiary/aromatic N) is 2. The third-order valence-corrected chi connectivity index (χ3v) is 5.26. The van der Waals surface area contributed by atoms with Gasteiger partial charge >= 0.3 is 5.97 Å². The number of carbonyl (C=O) groups is 2. The lowest BCUT2D eigenvalue weighted by atomic mass is 10.1. The van der Waals surface area contributed by atoms with Crippen LogP contribution in [0.25, 0.3) is 0 Å². The van der Waals surface area contributed by atoms with E-state index in [0.717, 1.165) is 30.3 Å². The standard InChI is InChI=1S/C13H18N2O3S2/c1-9(12(18)15-5-3-2-4-6-15)20-13-14-10(8-19-13)7-11(16)17/h8-9H,2-7H2,1H3,(H,16,17). The fraction of sp³-hybridized carbons (Fsp3) is 0.615. The monoisotopic (exact) mass is 314 g/mol. The van der Waals surface area contributed by atoms with Gasteiger partial charge in [-0.25, -0.2) is 4.98 Å². The maximum absolute atomic E-state index is 12.3. The molecule has 7 heteroatoms. The van der Waals surface area contributed by atoms with E-state index in [9.17, 15) is 9.59 Å². The smallest absolute Gasteiger partial charge is 0.309 e. The van der Waals surface area contributed by atoms with Crippen molar-refractivity contribution < 1.29 is 14.7 Å². The molecule has 1 amide bonds. The highest BCUT2D eigenvalue weighted by Gasteiger charge is 2.23. The first kappa shape index (κ1) is 15.3. The van der Waals surface area contributed by atoms with Gasteiger partial charge in [0.1, 0.15) is 0 Å². The molecule has 1 N–H and O–H groups in total. The largest absolute Gasteiger partial charge is 0.481 e. The molecule has 1 atom stereocenters. The predicted octanol–water partition coefficient (Wildman–Crippen LogP) is 2.26. The number of hydrogen-bond acceptors (Lipinski definition) is 5. The van der Waals surface area contributed by atoms with E-state index < -0.39 is 5.97 Å². The van der Waals surface area contributed by atoms with E-state index in [-0.39, 0.29) is 17.6 Å². The van der Waals surface area contributed by atoms with Gasteiger partial charge in [-0.2, -0.15) is 0 Å². The number of aromatic nitrogens is 1. The van der Waals surface area contributed by atoms with Gasteiger partial charge < -0.3 is 10.0 Å². The van der Waals surface area contributed by atoms with Crippen LogP contribution in [0.4, 0.5) is 0 Å². The number of aliphatic carboxylic acids is 1. The molecule has 1 aromatic rings. The lowest BCUT2D eigenvalue weighted by Crippen LogP contribution is -2.40. The van der Waals surface area contributed by atoms with Crippen molar-refractivity contribution in [1.82, 2.24) is 9.88 Å². The number of piperidine rings is 1. The van der Waals surface area contributed by atoms with Crippen molar-refractivity contribution in [2.75, 3.05) is 13.1 Å². The van der Waals surface area contributed by atoms with Crippen molar-refractivity contribution >= 4 is 35.0 Å². The summed E-state index contributed by atoms with van der Waals surface area (Å²) in [5, 5.41) is 10.3. The zero-order chi connectivity index (χ0) is 14.5. The van der Waals surface area contributed by atoms with Gasteiger partial charge in [0.2, 0.25) is 5.91 Å². The molecule has 0 saturated carbocycles. The predicted molar refractivity (Wildman–Crippen MR) is 79.2 cm³/mol. The van der Waals surface area contributed by atoms with Crippen LogP contribution in [0.2, 0.25) is 0 Å². The molecule has 0 bridgehead atoms. The minimum atomic E-state index is -0.885. The van der Waals surface area contributed by atoms with Crippen molar-refractivity contribution in [3.05, 3.63) is 11.1 Å². The Kier molecular flexibility index (Phi) is 5.42. The first-order valence-electron chi connectivity index (χ1n) is 6.68. The molecule has 1 saturated heterocycles. The average molecular weight is 314 g/mol. The Labute approximate surface area is 126 Å². The van der Waals surface area contributed by atoms with Crippen LogP contribution in [0.5, 0.6) is 0 Å². The van der Waals surface area contributed by atoms with E-state index in [4.69, 9.17) is 5.11 Å². The van der Waals surface area contributed by atoms with E-state index >= 15 is 0 Å². The fourth-order valence-electron chi connectivity index (χ4n) is 2.15. The first-order valence-corrected chi connectivity index (χ1v) is 8.44. The van der Waals surface area contributed by atoms with Crippen LogP contribution in [-0.4, -0.2) is 45.2 Å². The van der Waals surface area contributed by atoms with Crippen LogP contribution in [0.15, 0.2) is 9.72 Å². The lowest BCUT2D eigenvalue weighted by molar-refractivity contribution is -0.136. The lowest BCUT2D eigenvalue weighted by Gasteiger charge is -2.28. The number of amides is 1. The van der Waals surface area contributed by atoms with E-state index in [1.54, 1.807) is 5.38 Å². The fourth-order valence-corrected chi connectivity index (χ4v) is 4.22. The van der Waals surface area contributed by atoms with Gasteiger partial charge in [0.05, 0.1) is 17.4 Å². The molecule has 2 rings (SSSR count). The van der Waals surface area contributed by atoms with E-state index in [0.29, 0.717) is 5.69 Å². The number of rotatable bonds is 5. The Morgan fingerprint density at radius 1 is 1.45 bits per heavy atom. The maximum atomic E-state index is 12.3. The van der Waals surface area contributed by atoms with Gasteiger partial charge in [-0.1, -0.05) is 11.8 Å². The zero-order valence-electron chi connectivity index (χ0n) is 11.4. The molecule has 1 fully saturated rings. The van der Waals surface area contributed by atoms with Crippen LogP contribution in [0.1, 0.15) is 31.9 Å². The molecular weight excluding hydrogens is 296 g/mol. The van der Waals surface area contributed by atoms with Crippen molar-refractivity contribution in [3.63, 3.8) is 0 Å². The molecule has 0 spiro atoms. The molecule has 0 aromatic carbocycles. The molecule has 2 heterocycles. The van der Waals surface area contributed by atoms with Crippen LogP contribution in [-0.2, 0) is 16.0 Å². The Morgan fingerprint density at radius 2 is 2.15 bits per heavy atom. The van der Waals surface area contributed by atoms with E-state index in [1.165, 1.54) is 29.5 Å². The number of thiazole rings is 1. The molecule has 0 aliphatic carbocycles. The second-order valence-electron chi connectivity index (χ2n) is 4.82. The summed E-state index contributed by atoms with van der Waals surface area (Å²) in [7, 11) is 0. The second kappa shape index (κ2) is 7.08. The van der Waals surface area contributed by atoms with Crippen molar-refractivity contribution in [1.29, 1.82) is 0 Å². The quantitative estimate of drug-likeness (QED) is 0.844. The third-order valence-electron chi connectivity index (χ3n) is 3.16. The SMILES string of the molecule is CC(Sc1nc(CC(=O)O)cs1)C(=O)N1CCCCC1. The Morgan fingerprint density at radius 3 is 2.80 bits per heavy atom. The summed E-state index contributed by atoms with van der Waals surface area (Å²) < 4.78 is 0.763. The van der Waals surface area contributed by atoms with Crippen molar-refractivity contribution in [2.45, 2.75) is 42.2 Å². The summed E-state index contributed by atoms with van der Waals surface area (Å²) in [5.41, 5.74) is 0.558. The number of carbonyl (C=O) groups excluding carboxylic acids is 1. The Bertz CT molecular complexity index is 484. The van der Waals surface area contributed by atoms with Crippen molar-refractivity contribution in [2.24, 2.45) is 0 Å². The first-order chi connectivity index (χ1) is 9.56. The van der Waals surface area contributed by atoms with Crippen LogP contribution < -0.4 is 0 Å². The molecule has 1 aliphatic rings. The summed E-state index contributed by atoms with van der Waals surface area (Å²) in [4.78, 5) is 29.1. The molecule has 1 aromatic heterocycles. The highest BCUT2D eigenvalue weighted by Crippen LogP contribution is 2.28. The Hall–Kier alpha value is -1.08. The topological polar surface area (TPSA) is 70.5 Å². The molecule has 20 heavy (non-hydrogen) atoms. The molecule has 110 valence electrons. The second-order valence-corrected chi connectivity index (χ2v) is 7.27. The van der Waals surface area contributed by atoms with Gasteiger partial charge in [0.25, 0.3) is 0 Å². The van der Waals surface area contributed by atoms with Gasteiger partial charge in [-0.05, 0) is 26.2 Å². The molecular formula is C13H18N2O3S2. The molecule has 1 aliphatic heterocycles.